The summed E-state index contributed by atoms with van der Waals surface area (Å²) < 4.78 is 0. The molecule has 0 radical (unpaired) electrons. The molecule has 0 aromatic heterocycles. The van der Waals surface area contributed by atoms with Crippen molar-refractivity contribution >= 4 is 0 Å². The number of unbranched alkanes of at least 4 members (excludes halogenated alkanes) is 3. The zero-order valence-electron chi connectivity index (χ0n) is 26.1. The van der Waals surface area contributed by atoms with Gasteiger partial charge in [0.15, 0.2) is 0 Å². The Morgan fingerprint density at radius 2 is 0.775 bits per heavy atom. The Morgan fingerprint density at radius 3 is 1.02 bits per heavy atom. The van der Waals surface area contributed by atoms with Crippen molar-refractivity contribution in [3.8, 4) is 17.2 Å². The number of rotatable bonds is 14. The lowest BCUT2D eigenvalue weighted by Crippen LogP contribution is -2.36. The van der Waals surface area contributed by atoms with Gasteiger partial charge in [-0.2, -0.15) is 0 Å². The summed E-state index contributed by atoms with van der Waals surface area (Å²) in [5, 5.41) is 33.7. The second-order valence-corrected chi connectivity index (χ2v) is 11.7. The van der Waals surface area contributed by atoms with E-state index in [1.54, 1.807) is 0 Å². The summed E-state index contributed by atoms with van der Waals surface area (Å²) in [6.45, 7) is 15.0. The van der Waals surface area contributed by atoms with E-state index in [2.05, 4.69) is 66.7 Å². The molecule has 0 heterocycles. The highest BCUT2D eigenvalue weighted by molar-refractivity contribution is 5.67. The van der Waals surface area contributed by atoms with Gasteiger partial charge >= 0.3 is 0 Å². The summed E-state index contributed by atoms with van der Waals surface area (Å²) in [5.74, 6) is 0.907. The molecule has 0 atom stereocenters. The van der Waals surface area contributed by atoms with Gasteiger partial charge in [-0.3, -0.25) is 0 Å². The lowest BCUT2D eigenvalue weighted by molar-refractivity contribution is 0.450. The zero-order valence-corrected chi connectivity index (χ0v) is 26.1. The van der Waals surface area contributed by atoms with Gasteiger partial charge in [-0.1, -0.05) is 71.6 Å². The minimum absolute atomic E-state index is 0.302. The molecule has 0 saturated carbocycles. The largest absolute Gasteiger partial charge is 0.508 e. The average molecular weight is 545 g/mol. The minimum atomic E-state index is -0.640. The highest BCUT2D eigenvalue weighted by atomic mass is 16.3. The molecule has 3 rings (SSSR count). The molecule has 0 unspecified atom stereocenters. The Morgan fingerprint density at radius 1 is 0.475 bits per heavy atom. The molecule has 3 aromatic carbocycles. The first kappa shape index (κ1) is 31.6. The Bertz CT molecular complexity index is 1130. The first-order valence-electron chi connectivity index (χ1n) is 15.6. The van der Waals surface area contributed by atoms with Crippen molar-refractivity contribution in [2.45, 2.75) is 125 Å². The Labute approximate surface area is 243 Å². The lowest BCUT2D eigenvalue weighted by atomic mass is 9.59. The van der Waals surface area contributed by atoms with E-state index < -0.39 is 5.41 Å². The number of aryl methyl sites for hydroxylation is 3. The Hall–Kier alpha value is -2.94. The Balaban J connectivity index is 2.69. The van der Waals surface area contributed by atoms with Gasteiger partial charge in [0.2, 0.25) is 0 Å². The van der Waals surface area contributed by atoms with Crippen LogP contribution in [0.1, 0.15) is 129 Å². The van der Waals surface area contributed by atoms with E-state index in [1.165, 1.54) is 16.7 Å². The molecule has 0 amide bonds. The number of phenolic OH excluding ortho intramolecular Hbond substituents is 3. The third-order valence-corrected chi connectivity index (χ3v) is 8.87. The van der Waals surface area contributed by atoms with Gasteiger partial charge in [0, 0.05) is 5.41 Å². The van der Waals surface area contributed by atoms with E-state index in [0.29, 0.717) is 17.2 Å². The summed E-state index contributed by atoms with van der Waals surface area (Å²) in [6, 6.07) is 11.9. The van der Waals surface area contributed by atoms with E-state index in [-0.39, 0.29) is 0 Å². The van der Waals surface area contributed by atoms with Gasteiger partial charge in [0.25, 0.3) is 0 Å². The Kier molecular flexibility index (Phi) is 11.1. The maximum Gasteiger partial charge on any atom is 0.118 e. The fraction of sp³-hybridized carbons (Fsp3) is 0.514. The standard InChI is InChI=1S/C37H52O3/c1-8-12-15-28-18-21-31(38)25(5)34(28)37(24-11-4,35-26(6)32(39)22-19-29(35)16-13-9-2)36-27(7)33(40)23-20-30(36)17-14-10-3/h18-23,38-40H,8-17,24H2,1-7H3. The third-order valence-electron chi connectivity index (χ3n) is 8.87. The monoisotopic (exact) mass is 544 g/mol. The molecule has 218 valence electrons. The van der Waals surface area contributed by atoms with Crippen molar-refractivity contribution in [1.82, 2.24) is 0 Å². The molecule has 0 fully saturated rings. The van der Waals surface area contributed by atoms with Crippen LogP contribution in [0.2, 0.25) is 0 Å². The maximum absolute atomic E-state index is 11.2. The van der Waals surface area contributed by atoms with Crippen molar-refractivity contribution in [3.63, 3.8) is 0 Å². The average Bonchev–Trinajstić information content (AvgIpc) is 2.94. The summed E-state index contributed by atoms with van der Waals surface area (Å²) in [4.78, 5) is 0. The second-order valence-electron chi connectivity index (χ2n) is 11.7. The van der Waals surface area contributed by atoms with Crippen molar-refractivity contribution in [1.29, 1.82) is 0 Å². The predicted octanol–water partition coefficient (Wildman–Crippen LogP) is 9.89. The molecule has 3 N–H and O–H groups in total. The third kappa shape index (κ3) is 6.04. The van der Waals surface area contributed by atoms with E-state index in [9.17, 15) is 15.3 Å². The molecular weight excluding hydrogens is 492 g/mol. The van der Waals surface area contributed by atoms with Crippen molar-refractivity contribution in [2.75, 3.05) is 0 Å². The molecule has 0 aliphatic carbocycles. The van der Waals surface area contributed by atoms with E-state index in [1.807, 2.05) is 18.2 Å². The van der Waals surface area contributed by atoms with Gasteiger partial charge in [0.1, 0.15) is 17.2 Å². The van der Waals surface area contributed by atoms with E-state index in [4.69, 9.17) is 0 Å². The molecule has 0 saturated heterocycles. The molecule has 0 aliphatic rings. The molecule has 0 bridgehead atoms. The fourth-order valence-corrected chi connectivity index (χ4v) is 6.90. The zero-order chi connectivity index (χ0) is 29.4. The second kappa shape index (κ2) is 14.1. The molecule has 3 nitrogen and oxygen atoms in total. The van der Waals surface area contributed by atoms with Crippen LogP contribution < -0.4 is 0 Å². The number of hydrogen-bond donors (Lipinski definition) is 3. The van der Waals surface area contributed by atoms with Crippen LogP contribution in [0, 0.1) is 20.8 Å². The van der Waals surface area contributed by atoms with Crippen LogP contribution in [0.25, 0.3) is 0 Å². The van der Waals surface area contributed by atoms with E-state index in [0.717, 1.165) is 104 Å². The molecule has 0 aliphatic heterocycles. The SMILES string of the molecule is CCCCc1ccc(O)c(C)c1C(CCC)(c1c(CCCC)ccc(O)c1C)c1c(CCCC)ccc(O)c1C. The molecule has 40 heavy (non-hydrogen) atoms. The van der Waals surface area contributed by atoms with Gasteiger partial charge in [-0.15, -0.1) is 0 Å². The van der Waals surface area contributed by atoms with Gasteiger partial charge in [-0.05, 0) is 134 Å². The molecule has 3 aromatic rings. The summed E-state index contributed by atoms with van der Waals surface area (Å²) in [7, 11) is 0. The summed E-state index contributed by atoms with van der Waals surface area (Å²) in [5.41, 5.74) is 9.26. The minimum Gasteiger partial charge on any atom is -0.508 e. The van der Waals surface area contributed by atoms with Gasteiger partial charge < -0.3 is 15.3 Å². The normalized spacial score (nSPS) is 11.8. The van der Waals surface area contributed by atoms with Crippen molar-refractivity contribution < 1.29 is 15.3 Å². The first-order valence-corrected chi connectivity index (χ1v) is 15.6. The van der Waals surface area contributed by atoms with E-state index >= 15 is 0 Å². The number of hydrogen-bond acceptors (Lipinski definition) is 3. The highest BCUT2D eigenvalue weighted by Crippen LogP contribution is 2.54. The van der Waals surface area contributed by atoms with Crippen LogP contribution in [0.15, 0.2) is 36.4 Å². The highest BCUT2D eigenvalue weighted by Gasteiger charge is 2.44. The van der Waals surface area contributed by atoms with Crippen LogP contribution >= 0.6 is 0 Å². The smallest absolute Gasteiger partial charge is 0.118 e. The predicted molar refractivity (Wildman–Crippen MR) is 169 cm³/mol. The number of aromatic hydroxyl groups is 3. The van der Waals surface area contributed by atoms with Crippen molar-refractivity contribution in [3.05, 3.63) is 86.5 Å². The van der Waals surface area contributed by atoms with Crippen LogP contribution in [-0.2, 0) is 24.7 Å². The van der Waals surface area contributed by atoms with Crippen LogP contribution in [-0.4, -0.2) is 15.3 Å². The van der Waals surface area contributed by atoms with Crippen molar-refractivity contribution in [2.24, 2.45) is 0 Å². The van der Waals surface area contributed by atoms with Crippen LogP contribution in [0.5, 0.6) is 17.2 Å². The number of phenols is 3. The molecule has 3 heteroatoms. The summed E-state index contributed by atoms with van der Waals surface area (Å²) >= 11 is 0. The molecule has 0 spiro atoms. The maximum atomic E-state index is 11.2. The lowest BCUT2D eigenvalue weighted by Gasteiger charge is -2.43. The topological polar surface area (TPSA) is 60.7 Å². The van der Waals surface area contributed by atoms with Crippen LogP contribution in [0.4, 0.5) is 0 Å². The quantitative estimate of drug-likeness (QED) is 0.177. The van der Waals surface area contributed by atoms with Crippen LogP contribution in [0.3, 0.4) is 0 Å². The first-order chi connectivity index (χ1) is 19.2. The summed E-state index contributed by atoms with van der Waals surface area (Å²) in [6.07, 6.45) is 10.9. The van der Waals surface area contributed by atoms with Gasteiger partial charge in [-0.25, -0.2) is 0 Å². The van der Waals surface area contributed by atoms with Gasteiger partial charge in [0.05, 0.1) is 0 Å². The fourth-order valence-electron chi connectivity index (χ4n) is 6.90. The number of benzene rings is 3. The molecular formula is C37H52O3.